The zero-order valence-corrected chi connectivity index (χ0v) is 14.4. The first-order chi connectivity index (χ1) is 9.16. The molecule has 0 aliphatic rings. The van der Waals surface area contributed by atoms with Crippen molar-refractivity contribution in [1.82, 2.24) is 0 Å². The molecule has 0 aromatic carbocycles. The summed E-state index contributed by atoms with van der Waals surface area (Å²) in [5.74, 6) is -0.249. The molecule has 0 aliphatic carbocycles. The largest absolute Gasteiger partial charge is 0.342 e. The quantitative estimate of drug-likeness (QED) is 0.305. The molecule has 0 aromatic rings. The Morgan fingerprint density at radius 1 is 0.900 bits per heavy atom. The van der Waals surface area contributed by atoms with E-state index in [4.69, 9.17) is 9.78 Å². The monoisotopic (exact) mass is 286 g/mol. The van der Waals surface area contributed by atoms with Gasteiger partial charge in [-0.1, -0.05) is 53.4 Å². The zero-order chi connectivity index (χ0) is 15.6. The SMILES string of the molecule is CCC(C)(C)OOC(=O)CCCCCCCC(C)(C)C. The van der Waals surface area contributed by atoms with E-state index < -0.39 is 0 Å². The summed E-state index contributed by atoms with van der Waals surface area (Å²) in [5.41, 5.74) is 0.0514. The molecule has 0 saturated carbocycles. The van der Waals surface area contributed by atoms with Crippen LogP contribution in [0.4, 0.5) is 0 Å². The molecule has 0 radical (unpaired) electrons. The fraction of sp³-hybridized carbons (Fsp3) is 0.941. The molecule has 0 fully saturated rings. The molecule has 0 amide bonds. The van der Waals surface area contributed by atoms with Crippen LogP contribution in [0.5, 0.6) is 0 Å². The molecule has 0 spiro atoms. The highest BCUT2D eigenvalue weighted by Crippen LogP contribution is 2.22. The van der Waals surface area contributed by atoms with Crippen molar-refractivity contribution in [2.24, 2.45) is 5.41 Å². The molecule has 0 heterocycles. The van der Waals surface area contributed by atoms with Gasteiger partial charge >= 0.3 is 5.97 Å². The molecule has 120 valence electrons. The molecular weight excluding hydrogens is 252 g/mol. The lowest BCUT2D eigenvalue weighted by atomic mass is 9.89. The molecular formula is C17H34O3. The Morgan fingerprint density at radius 3 is 2.00 bits per heavy atom. The Bertz CT molecular complexity index is 264. The second-order valence-corrected chi connectivity index (χ2v) is 7.48. The fourth-order valence-electron chi connectivity index (χ4n) is 1.71. The number of unbranched alkanes of at least 4 members (excludes halogenated alkanes) is 4. The van der Waals surface area contributed by atoms with Crippen LogP contribution in [0.25, 0.3) is 0 Å². The van der Waals surface area contributed by atoms with E-state index in [1.165, 1.54) is 25.7 Å². The van der Waals surface area contributed by atoms with Crippen molar-refractivity contribution in [2.45, 2.75) is 98.5 Å². The third-order valence-corrected chi connectivity index (χ3v) is 3.52. The Labute approximate surface area is 125 Å². The maximum atomic E-state index is 11.5. The fourth-order valence-corrected chi connectivity index (χ4v) is 1.71. The molecule has 20 heavy (non-hydrogen) atoms. The minimum Gasteiger partial charge on any atom is -0.298 e. The second-order valence-electron chi connectivity index (χ2n) is 7.48. The molecule has 0 atom stereocenters. The van der Waals surface area contributed by atoms with E-state index in [2.05, 4.69) is 20.8 Å². The summed E-state index contributed by atoms with van der Waals surface area (Å²) < 4.78 is 0. The molecule has 0 aliphatic heterocycles. The summed E-state index contributed by atoms with van der Waals surface area (Å²) in [5, 5.41) is 0. The number of carbonyl (C=O) groups excluding carboxylic acids is 1. The molecule has 0 saturated heterocycles. The summed E-state index contributed by atoms with van der Waals surface area (Å²) in [7, 11) is 0. The van der Waals surface area contributed by atoms with Crippen LogP contribution in [0.15, 0.2) is 0 Å². The van der Waals surface area contributed by atoms with Gasteiger partial charge in [-0.3, -0.25) is 4.89 Å². The van der Waals surface area contributed by atoms with Crippen molar-refractivity contribution >= 4 is 5.97 Å². The summed E-state index contributed by atoms with van der Waals surface area (Å²) >= 11 is 0. The standard InChI is InChI=1S/C17H34O3/c1-7-17(5,6)20-19-15(18)13-11-9-8-10-12-14-16(2,3)4/h7-14H2,1-6H3. The third kappa shape index (κ3) is 12.5. The maximum absolute atomic E-state index is 11.5. The maximum Gasteiger partial charge on any atom is 0.342 e. The lowest BCUT2D eigenvalue weighted by Crippen LogP contribution is -2.25. The number of hydrogen-bond acceptors (Lipinski definition) is 3. The Morgan fingerprint density at radius 2 is 1.45 bits per heavy atom. The van der Waals surface area contributed by atoms with Crippen LogP contribution in [0, 0.1) is 5.41 Å². The highest BCUT2D eigenvalue weighted by atomic mass is 17.2. The van der Waals surface area contributed by atoms with E-state index >= 15 is 0 Å². The van der Waals surface area contributed by atoms with Crippen LogP contribution in [0.1, 0.15) is 92.9 Å². The molecule has 0 unspecified atom stereocenters. The predicted molar refractivity (Wildman–Crippen MR) is 83.3 cm³/mol. The van der Waals surface area contributed by atoms with E-state index in [-0.39, 0.29) is 11.6 Å². The Balaban J connectivity index is 3.45. The second kappa shape index (κ2) is 9.38. The molecule has 0 N–H and O–H groups in total. The van der Waals surface area contributed by atoms with Crippen molar-refractivity contribution in [3.8, 4) is 0 Å². The van der Waals surface area contributed by atoms with Crippen LogP contribution in [-0.4, -0.2) is 11.6 Å². The third-order valence-electron chi connectivity index (χ3n) is 3.52. The van der Waals surface area contributed by atoms with Crippen LogP contribution < -0.4 is 0 Å². The average Bonchev–Trinajstić information content (AvgIpc) is 2.34. The molecule has 0 rings (SSSR count). The van der Waals surface area contributed by atoms with E-state index in [1.54, 1.807) is 0 Å². The highest BCUT2D eigenvalue weighted by Gasteiger charge is 2.19. The van der Waals surface area contributed by atoms with Crippen LogP contribution in [0.3, 0.4) is 0 Å². The van der Waals surface area contributed by atoms with E-state index in [1.807, 2.05) is 20.8 Å². The van der Waals surface area contributed by atoms with Gasteiger partial charge in [-0.25, -0.2) is 4.79 Å². The topological polar surface area (TPSA) is 35.5 Å². The number of rotatable bonds is 10. The van der Waals surface area contributed by atoms with Gasteiger partial charge in [0, 0.05) is 6.42 Å². The predicted octanol–water partition coefficient (Wildman–Crippen LogP) is 5.43. The lowest BCUT2D eigenvalue weighted by molar-refractivity contribution is -0.325. The van der Waals surface area contributed by atoms with Gasteiger partial charge in [-0.05, 0) is 38.5 Å². The van der Waals surface area contributed by atoms with Crippen molar-refractivity contribution in [1.29, 1.82) is 0 Å². The van der Waals surface area contributed by atoms with E-state index in [9.17, 15) is 4.79 Å². The average molecular weight is 286 g/mol. The van der Waals surface area contributed by atoms with Crippen molar-refractivity contribution in [3.05, 3.63) is 0 Å². The molecule has 0 aromatic heterocycles. The van der Waals surface area contributed by atoms with Gasteiger partial charge in [0.1, 0.15) is 5.60 Å². The normalized spacial score (nSPS) is 12.5. The summed E-state index contributed by atoms with van der Waals surface area (Å²) in [6.07, 6.45) is 8.26. The van der Waals surface area contributed by atoms with Gasteiger partial charge in [-0.15, -0.1) is 0 Å². The van der Waals surface area contributed by atoms with Crippen LogP contribution >= 0.6 is 0 Å². The Kier molecular flexibility index (Phi) is 9.11. The van der Waals surface area contributed by atoms with Gasteiger partial charge in [-0.2, -0.15) is 4.89 Å². The smallest absolute Gasteiger partial charge is 0.298 e. The minimum atomic E-state index is -0.386. The number of carbonyl (C=O) groups is 1. The first-order valence-corrected chi connectivity index (χ1v) is 8.05. The van der Waals surface area contributed by atoms with Gasteiger partial charge in [0.05, 0.1) is 0 Å². The highest BCUT2D eigenvalue weighted by molar-refractivity contribution is 5.68. The van der Waals surface area contributed by atoms with Crippen molar-refractivity contribution < 1.29 is 14.6 Å². The van der Waals surface area contributed by atoms with Gasteiger partial charge in [0.2, 0.25) is 0 Å². The number of hydrogen-bond donors (Lipinski definition) is 0. The van der Waals surface area contributed by atoms with E-state index in [0.29, 0.717) is 11.8 Å². The lowest BCUT2D eigenvalue weighted by Gasteiger charge is -2.20. The van der Waals surface area contributed by atoms with E-state index in [0.717, 1.165) is 19.3 Å². The first kappa shape index (κ1) is 19.4. The Hall–Kier alpha value is -0.570. The van der Waals surface area contributed by atoms with Gasteiger partial charge in [0.15, 0.2) is 0 Å². The van der Waals surface area contributed by atoms with Crippen LogP contribution in [0.2, 0.25) is 0 Å². The van der Waals surface area contributed by atoms with Crippen LogP contribution in [-0.2, 0) is 14.6 Å². The minimum absolute atomic E-state index is 0.249. The first-order valence-electron chi connectivity index (χ1n) is 8.05. The molecule has 3 nitrogen and oxygen atoms in total. The van der Waals surface area contributed by atoms with Crippen molar-refractivity contribution in [3.63, 3.8) is 0 Å². The van der Waals surface area contributed by atoms with Crippen molar-refractivity contribution in [2.75, 3.05) is 0 Å². The van der Waals surface area contributed by atoms with Gasteiger partial charge < -0.3 is 0 Å². The van der Waals surface area contributed by atoms with Gasteiger partial charge in [0.25, 0.3) is 0 Å². The zero-order valence-electron chi connectivity index (χ0n) is 14.4. The summed E-state index contributed by atoms with van der Waals surface area (Å²) in [6.45, 7) is 12.7. The summed E-state index contributed by atoms with van der Waals surface area (Å²) in [4.78, 5) is 21.4. The summed E-state index contributed by atoms with van der Waals surface area (Å²) in [6, 6.07) is 0. The molecule has 0 bridgehead atoms. The molecule has 3 heteroatoms.